The average Bonchev–Trinajstić information content (AvgIpc) is 3.04. The molecular weight excluding hydrogens is 439 g/mol. The number of carbonyl (C=O) groups excluding carboxylic acids is 1. The molecule has 1 aromatic heterocycles. The van der Waals surface area contributed by atoms with Crippen LogP contribution in [0.25, 0.3) is 10.9 Å². The lowest BCUT2D eigenvalue weighted by Gasteiger charge is -2.10. The molecule has 0 saturated heterocycles. The maximum absolute atomic E-state index is 12.0. The summed E-state index contributed by atoms with van der Waals surface area (Å²) in [6, 6.07) is 15.8. The molecule has 0 atom stereocenters. The monoisotopic (exact) mass is 455 g/mol. The van der Waals surface area contributed by atoms with Crippen LogP contribution < -0.4 is 4.74 Å². The summed E-state index contributed by atoms with van der Waals surface area (Å²) in [4.78, 5) is 14.0. The second kappa shape index (κ2) is 8.68. The molecule has 0 spiro atoms. The quantitative estimate of drug-likeness (QED) is 0.383. The molecule has 0 radical (unpaired) electrons. The lowest BCUT2D eigenvalue weighted by Crippen LogP contribution is -2.26. The summed E-state index contributed by atoms with van der Waals surface area (Å²) >= 11 is 3.44. The van der Waals surface area contributed by atoms with Crippen LogP contribution in [0.5, 0.6) is 5.75 Å². The van der Waals surface area contributed by atoms with Gasteiger partial charge in [-0.15, -0.1) is 0 Å². The Balaban J connectivity index is 1.50. The summed E-state index contributed by atoms with van der Waals surface area (Å²) in [7, 11) is 0. The van der Waals surface area contributed by atoms with Crippen LogP contribution in [0, 0.1) is 0 Å². The van der Waals surface area contributed by atoms with Crippen LogP contribution in [0.3, 0.4) is 0 Å². The molecule has 0 bridgehead atoms. The molecule has 0 amide bonds. The van der Waals surface area contributed by atoms with E-state index in [9.17, 15) is 18.0 Å². The van der Waals surface area contributed by atoms with Gasteiger partial charge in [0.2, 0.25) is 0 Å². The van der Waals surface area contributed by atoms with Crippen molar-refractivity contribution in [1.29, 1.82) is 0 Å². The van der Waals surface area contributed by atoms with Gasteiger partial charge in [0.1, 0.15) is 5.75 Å². The van der Waals surface area contributed by atoms with E-state index in [1.54, 1.807) is 6.07 Å². The number of aromatic amines is 1. The Hall–Kier alpha value is -2.48. The second-order valence-corrected chi connectivity index (χ2v) is 7.01. The molecule has 148 valence electrons. The maximum atomic E-state index is 12.0. The van der Waals surface area contributed by atoms with Crippen LogP contribution in [-0.2, 0) is 16.0 Å². The van der Waals surface area contributed by atoms with Gasteiger partial charge in [-0.2, -0.15) is 13.2 Å². The molecule has 4 nitrogen and oxygen atoms in total. The standard InChI is InChI=1S/C20H17BrF3NO3/c21-16-11-13(10-15-12-14-4-1-2-5-17(14)25-15)6-7-18(16)27-8-3-9-28-19(26)20(22,23)24/h1-2,4-7,11-12,25H,3,8-10H2. The number of fused-ring (bicyclic) bond motifs is 1. The normalized spacial score (nSPS) is 11.6. The Morgan fingerprint density at radius 3 is 2.57 bits per heavy atom. The fraction of sp³-hybridized carbons (Fsp3) is 0.250. The van der Waals surface area contributed by atoms with Crippen molar-refractivity contribution >= 4 is 32.8 Å². The van der Waals surface area contributed by atoms with Crippen LogP contribution in [0.15, 0.2) is 53.0 Å². The lowest BCUT2D eigenvalue weighted by molar-refractivity contribution is -0.199. The number of carbonyl (C=O) groups is 1. The fourth-order valence-corrected chi connectivity index (χ4v) is 3.25. The number of esters is 1. The first-order chi connectivity index (χ1) is 13.3. The molecular formula is C20H17BrF3NO3. The highest BCUT2D eigenvalue weighted by Crippen LogP contribution is 2.27. The van der Waals surface area contributed by atoms with E-state index in [2.05, 4.69) is 31.7 Å². The van der Waals surface area contributed by atoms with Gasteiger partial charge in [0.15, 0.2) is 0 Å². The van der Waals surface area contributed by atoms with Crippen molar-refractivity contribution in [2.75, 3.05) is 13.2 Å². The molecule has 1 heterocycles. The minimum Gasteiger partial charge on any atom is -0.492 e. The van der Waals surface area contributed by atoms with Crippen LogP contribution in [-0.4, -0.2) is 30.3 Å². The first kappa shape index (κ1) is 20.3. The van der Waals surface area contributed by atoms with Crippen molar-refractivity contribution in [2.45, 2.75) is 19.0 Å². The number of benzene rings is 2. The van der Waals surface area contributed by atoms with Crippen molar-refractivity contribution in [3.05, 3.63) is 64.3 Å². The number of aromatic nitrogens is 1. The summed E-state index contributed by atoms with van der Waals surface area (Å²) in [6.07, 6.45) is -4.09. The van der Waals surface area contributed by atoms with E-state index in [-0.39, 0.29) is 19.6 Å². The van der Waals surface area contributed by atoms with E-state index < -0.39 is 12.1 Å². The average molecular weight is 456 g/mol. The largest absolute Gasteiger partial charge is 0.492 e. The number of rotatable bonds is 7. The number of hydrogen-bond donors (Lipinski definition) is 1. The third-order valence-electron chi connectivity index (χ3n) is 3.99. The summed E-state index contributed by atoms with van der Waals surface area (Å²) < 4.78 is 46.4. The topological polar surface area (TPSA) is 51.3 Å². The molecule has 3 aromatic rings. The molecule has 1 N–H and O–H groups in total. The zero-order valence-electron chi connectivity index (χ0n) is 14.7. The molecule has 0 aliphatic rings. The lowest BCUT2D eigenvalue weighted by atomic mass is 10.1. The van der Waals surface area contributed by atoms with Gasteiger partial charge in [-0.25, -0.2) is 4.79 Å². The molecule has 0 aliphatic heterocycles. The van der Waals surface area contributed by atoms with Crippen molar-refractivity contribution in [3.63, 3.8) is 0 Å². The number of hydrogen-bond acceptors (Lipinski definition) is 3. The Labute approximate surface area is 167 Å². The number of H-pyrrole nitrogens is 1. The van der Waals surface area contributed by atoms with Gasteiger partial charge in [0.05, 0.1) is 17.7 Å². The minimum atomic E-state index is -4.97. The van der Waals surface area contributed by atoms with Crippen molar-refractivity contribution in [3.8, 4) is 5.75 Å². The van der Waals surface area contributed by atoms with E-state index >= 15 is 0 Å². The van der Waals surface area contributed by atoms with E-state index in [1.165, 1.54) is 0 Å². The molecule has 0 fully saturated rings. The highest BCUT2D eigenvalue weighted by molar-refractivity contribution is 9.10. The van der Waals surface area contributed by atoms with Crippen LogP contribution in [0.1, 0.15) is 17.7 Å². The van der Waals surface area contributed by atoms with Crippen LogP contribution in [0.4, 0.5) is 13.2 Å². The van der Waals surface area contributed by atoms with Crippen LogP contribution in [0.2, 0.25) is 0 Å². The van der Waals surface area contributed by atoms with Gasteiger partial charge in [-0.3, -0.25) is 0 Å². The van der Waals surface area contributed by atoms with E-state index in [4.69, 9.17) is 4.74 Å². The van der Waals surface area contributed by atoms with Crippen molar-refractivity contribution in [1.82, 2.24) is 4.98 Å². The van der Waals surface area contributed by atoms with Gasteiger partial charge in [-0.05, 0) is 51.1 Å². The zero-order chi connectivity index (χ0) is 20.1. The summed E-state index contributed by atoms with van der Waals surface area (Å²) in [5.74, 6) is -1.61. The van der Waals surface area contributed by atoms with Gasteiger partial charge >= 0.3 is 12.1 Å². The summed E-state index contributed by atoms with van der Waals surface area (Å²) in [5, 5.41) is 1.16. The Bertz CT molecular complexity index is 936. The summed E-state index contributed by atoms with van der Waals surface area (Å²) in [5.41, 5.74) is 3.25. The first-order valence-electron chi connectivity index (χ1n) is 8.55. The van der Waals surface area contributed by atoms with E-state index in [1.807, 2.05) is 36.4 Å². The third-order valence-corrected chi connectivity index (χ3v) is 4.61. The fourth-order valence-electron chi connectivity index (χ4n) is 2.71. The van der Waals surface area contributed by atoms with E-state index in [0.717, 1.165) is 33.1 Å². The Kier molecular flexibility index (Phi) is 6.28. The highest BCUT2D eigenvalue weighted by atomic mass is 79.9. The first-order valence-corrected chi connectivity index (χ1v) is 9.34. The van der Waals surface area contributed by atoms with Gasteiger partial charge < -0.3 is 14.5 Å². The number of alkyl halides is 3. The Morgan fingerprint density at radius 1 is 1.07 bits per heavy atom. The van der Waals surface area contributed by atoms with Gasteiger partial charge in [0, 0.05) is 24.1 Å². The molecule has 28 heavy (non-hydrogen) atoms. The zero-order valence-corrected chi connectivity index (χ0v) is 16.3. The predicted octanol–water partition coefficient (Wildman–Crippen LogP) is 5.40. The summed E-state index contributed by atoms with van der Waals surface area (Å²) in [6.45, 7) is -0.223. The molecule has 2 aromatic carbocycles. The molecule has 3 rings (SSSR count). The predicted molar refractivity (Wildman–Crippen MR) is 102 cm³/mol. The molecule has 8 heteroatoms. The van der Waals surface area contributed by atoms with Crippen molar-refractivity contribution < 1.29 is 27.4 Å². The van der Waals surface area contributed by atoms with Crippen molar-refractivity contribution in [2.24, 2.45) is 0 Å². The Morgan fingerprint density at radius 2 is 1.86 bits per heavy atom. The van der Waals surface area contributed by atoms with Gasteiger partial charge in [0.25, 0.3) is 0 Å². The maximum Gasteiger partial charge on any atom is 0.490 e. The van der Waals surface area contributed by atoms with Gasteiger partial charge in [-0.1, -0.05) is 24.3 Å². The number of ether oxygens (including phenoxy) is 2. The minimum absolute atomic E-state index is 0.130. The number of nitrogens with one attached hydrogen (secondary N) is 1. The molecule has 0 aliphatic carbocycles. The van der Waals surface area contributed by atoms with E-state index in [0.29, 0.717) is 5.75 Å². The third kappa shape index (κ3) is 5.28. The SMILES string of the molecule is O=C(OCCCOc1ccc(Cc2cc3ccccc3[nH]2)cc1Br)C(F)(F)F. The molecule has 0 unspecified atom stereocenters. The smallest absolute Gasteiger partial charge is 0.490 e. The highest BCUT2D eigenvalue weighted by Gasteiger charge is 2.40. The van der Waals surface area contributed by atoms with Crippen LogP contribution >= 0.6 is 15.9 Å². The second-order valence-electron chi connectivity index (χ2n) is 6.16. The number of halogens is 4. The number of para-hydroxylation sites is 1. The molecule has 0 saturated carbocycles.